The Morgan fingerprint density at radius 2 is 1.90 bits per heavy atom. The van der Waals surface area contributed by atoms with Gasteiger partial charge in [0.1, 0.15) is 5.82 Å². The van der Waals surface area contributed by atoms with Crippen molar-refractivity contribution < 1.29 is 9.59 Å². The Hall–Kier alpha value is -2.63. The lowest BCUT2D eigenvalue weighted by atomic mass is 10.1. The highest BCUT2D eigenvalue weighted by Gasteiger charge is 2.09. The van der Waals surface area contributed by atoms with Crippen LogP contribution in [0.3, 0.4) is 0 Å². The molecule has 21 heavy (non-hydrogen) atoms. The third-order valence-corrected chi connectivity index (χ3v) is 2.92. The summed E-state index contributed by atoms with van der Waals surface area (Å²) in [6, 6.07) is 11.2. The van der Waals surface area contributed by atoms with Crippen LogP contribution >= 0.6 is 0 Å². The first-order chi connectivity index (χ1) is 10.0. The predicted octanol–water partition coefficient (Wildman–Crippen LogP) is 1.03. The number of amides is 2. The standard InChI is InChI=1S/C15H18N4O2/c1-11-8-13(19(2)18-11)17-15(21)10-16-14(20)9-12-6-4-3-5-7-12/h3-8H,9-10H2,1-2H3,(H,16,20)(H,17,21). The van der Waals surface area contributed by atoms with Gasteiger partial charge < -0.3 is 10.6 Å². The summed E-state index contributed by atoms with van der Waals surface area (Å²) in [6.45, 7) is 1.78. The minimum atomic E-state index is -0.278. The summed E-state index contributed by atoms with van der Waals surface area (Å²) in [6.07, 6.45) is 0.263. The Bertz CT molecular complexity index is 634. The van der Waals surface area contributed by atoms with E-state index in [0.717, 1.165) is 11.3 Å². The second kappa shape index (κ2) is 6.69. The first-order valence-electron chi connectivity index (χ1n) is 6.65. The number of nitrogens with zero attached hydrogens (tertiary/aromatic N) is 2. The molecule has 0 spiro atoms. The molecule has 0 atom stereocenters. The predicted molar refractivity (Wildman–Crippen MR) is 79.7 cm³/mol. The fraction of sp³-hybridized carbons (Fsp3) is 0.267. The van der Waals surface area contributed by atoms with Gasteiger partial charge in [-0.2, -0.15) is 5.10 Å². The van der Waals surface area contributed by atoms with Gasteiger partial charge in [0.15, 0.2) is 0 Å². The molecule has 2 rings (SSSR count). The molecule has 0 aliphatic rings. The van der Waals surface area contributed by atoms with Crippen LogP contribution in [-0.4, -0.2) is 28.1 Å². The van der Waals surface area contributed by atoms with E-state index in [1.165, 1.54) is 0 Å². The highest BCUT2D eigenvalue weighted by molar-refractivity contribution is 5.94. The molecule has 0 aliphatic heterocycles. The summed E-state index contributed by atoms with van der Waals surface area (Å²) >= 11 is 0. The molecular formula is C15H18N4O2. The van der Waals surface area contributed by atoms with E-state index in [1.54, 1.807) is 17.8 Å². The maximum atomic E-state index is 11.8. The lowest BCUT2D eigenvalue weighted by Gasteiger charge is -2.07. The molecular weight excluding hydrogens is 268 g/mol. The average molecular weight is 286 g/mol. The highest BCUT2D eigenvalue weighted by Crippen LogP contribution is 2.07. The van der Waals surface area contributed by atoms with Gasteiger partial charge in [0.05, 0.1) is 18.7 Å². The zero-order valence-corrected chi connectivity index (χ0v) is 12.1. The molecule has 2 aromatic rings. The average Bonchev–Trinajstić information content (AvgIpc) is 2.76. The number of anilines is 1. The molecule has 0 saturated heterocycles. The lowest BCUT2D eigenvalue weighted by molar-refractivity contribution is -0.123. The van der Waals surface area contributed by atoms with E-state index in [2.05, 4.69) is 15.7 Å². The molecule has 6 heteroatoms. The fourth-order valence-corrected chi connectivity index (χ4v) is 1.94. The number of benzene rings is 1. The van der Waals surface area contributed by atoms with Gasteiger partial charge >= 0.3 is 0 Å². The van der Waals surface area contributed by atoms with Crippen molar-refractivity contribution in [2.24, 2.45) is 7.05 Å². The van der Waals surface area contributed by atoms with Crippen molar-refractivity contribution >= 4 is 17.6 Å². The van der Waals surface area contributed by atoms with E-state index in [-0.39, 0.29) is 24.8 Å². The zero-order chi connectivity index (χ0) is 15.2. The van der Waals surface area contributed by atoms with Crippen molar-refractivity contribution in [3.05, 3.63) is 47.7 Å². The summed E-state index contributed by atoms with van der Waals surface area (Å²) < 4.78 is 1.58. The number of carbonyl (C=O) groups excluding carboxylic acids is 2. The second-order valence-corrected chi connectivity index (χ2v) is 4.78. The Kier molecular flexibility index (Phi) is 4.71. The largest absolute Gasteiger partial charge is 0.347 e. The van der Waals surface area contributed by atoms with E-state index in [0.29, 0.717) is 5.82 Å². The molecule has 1 aromatic carbocycles. The molecule has 6 nitrogen and oxygen atoms in total. The first kappa shape index (κ1) is 14.8. The van der Waals surface area contributed by atoms with E-state index in [9.17, 15) is 9.59 Å². The van der Waals surface area contributed by atoms with Gasteiger partial charge in [-0.3, -0.25) is 14.3 Å². The Balaban J connectivity index is 1.78. The molecule has 0 radical (unpaired) electrons. The molecule has 0 fully saturated rings. The topological polar surface area (TPSA) is 76.0 Å². The van der Waals surface area contributed by atoms with Crippen molar-refractivity contribution in [3.63, 3.8) is 0 Å². The summed E-state index contributed by atoms with van der Waals surface area (Å²) in [5, 5.41) is 9.42. The van der Waals surface area contributed by atoms with Crippen molar-refractivity contribution in [1.82, 2.24) is 15.1 Å². The van der Waals surface area contributed by atoms with E-state index in [1.807, 2.05) is 37.3 Å². The second-order valence-electron chi connectivity index (χ2n) is 4.78. The van der Waals surface area contributed by atoms with Crippen LogP contribution in [0.5, 0.6) is 0 Å². The van der Waals surface area contributed by atoms with Gasteiger partial charge in [-0.05, 0) is 12.5 Å². The molecule has 0 unspecified atom stereocenters. The van der Waals surface area contributed by atoms with E-state index < -0.39 is 0 Å². The smallest absolute Gasteiger partial charge is 0.244 e. The molecule has 2 N–H and O–H groups in total. The van der Waals surface area contributed by atoms with Gasteiger partial charge in [-0.25, -0.2) is 0 Å². The van der Waals surface area contributed by atoms with Crippen molar-refractivity contribution in [1.29, 1.82) is 0 Å². The normalized spacial score (nSPS) is 10.2. The molecule has 0 saturated carbocycles. The number of hydrogen-bond donors (Lipinski definition) is 2. The van der Waals surface area contributed by atoms with E-state index >= 15 is 0 Å². The van der Waals surface area contributed by atoms with Crippen LogP contribution in [0.2, 0.25) is 0 Å². The van der Waals surface area contributed by atoms with Gasteiger partial charge in [-0.1, -0.05) is 30.3 Å². The molecule has 1 heterocycles. The van der Waals surface area contributed by atoms with Gasteiger partial charge in [-0.15, -0.1) is 0 Å². The van der Waals surface area contributed by atoms with Crippen LogP contribution in [0, 0.1) is 6.92 Å². The maximum Gasteiger partial charge on any atom is 0.244 e. The summed E-state index contributed by atoms with van der Waals surface area (Å²) in [5.74, 6) is 0.145. The number of aromatic nitrogens is 2. The third-order valence-electron chi connectivity index (χ3n) is 2.92. The molecule has 110 valence electrons. The Morgan fingerprint density at radius 3 is 2.52 bits per heavy atom. The monoisotopic (exact) mass is 286 g/mol. The number of aryl methyl sites for hydroxylation is 2. The van der Waals surface area contributed by atoms with Crippen molar-refractivity contribution in [3.8, 4) is 0 Å². The van der Waals surface area contributed by atoms with Crippen molar-refractivity contribution in [2.45, 2.75) is 13.3 Å². The zero-order valence-electron chi connectivity index (χ0n) is 12.1. The number of rotatable bonds is 5. The molecule has 0 aliphatic carbocycles. The SMILES string of the molecule is Cc1cc(NC(=O)CNC(=O)Cc2ccccc2)n(C)n1. The van der Waals surface area contributed by atoms with Crippen LogP contribution in [-0.2, 0) is 23.1 Å². The molecule has 2 amide bonds. The van der Waals surface area contributed by atoms with E-state index in [4.69, 9.17) is 0 Å². The van der Waals surface area contributed by atoms with Crippen molar-refractivity contribution in [2.75, 3.05) is 11.9 Å². The van der Waals surface area contributed by atoms with Gasteiger partial charge in [0.2, 0.25) is 11.8 Å². The first-order valence-corrected chi connectivity index (χ1v) is 6.65. The lowest BCUT2D eigenvalue weighted by Crippen LogP contribution is -2.34. The van der Waals surface area contributed by atoms with Gasteiger partial charge in [0.25, 0.3) is 0 Å². The Morgan fingerprint density at radius 1 is 1.19 bits per heavy atom. The molecule has 1 aromatic heterocycles. The van der Waals surface area contributed by atoms with Crippen LogP contribution in [0.25, 0.3) is 0 Å². The minimum absolute atomic E-state index is 0.0596. The third kappa shape index (κ3) is 4.45. The quantitative estimate of drug-likeness (QED) is 0.862. The molecule has 0 bridgehead atoms. The summed E-state index contributed by atoms with van der Waals surface area (Å²) in [4.78, 5) is 23.5. The fourth-order valence-electron chi connectivity index (χ4n) is 1.94. The summed E-state index contributed by atoms with van der Waals surface area (Å²) in [7, 11) is 1.75. The maximum absolute atomic E-state index is 11.8. The number of nitrogens with one attached hydrogen (secondary N) is 2. The van der Waals surface area contributed by atoms with Crippen LogP contribution in [0.1, 0.15) is 11.3 Å². The minimum Gasteiger partial charge on any atom is -0.347 e. The Labute approximate surface area is 123 Å². The van der Waals surface area contributed by atoms with Gasteiger partial charge in [0, 0.05) is 13.1 Å². The number of carbonyl (C=O) groups is 2. The van der Waals surface area contributed by atoms with Crippen LogP contribution in [0.15, 0.2) is 36.4 Å². The highest BCUT2D eigenvalue weighted by atomic mass is 16.2. The van der Waals surface area contributed by atoms with Crippen LogP contribution < -0.4 is 10.6 Å². The summed E-state index contributed by atoms with van der Waals surface area (Å²) in [5.41, 5.74) is 1.73. The van der Waals surface area contributed by atoms with Crippen LogP contribution in [0.4, 0.5) is 5.82 Å². The number of hydrogen-bond acceptors (Lipinski definition) is 3.